The maximum atomic E-state index is 12.4. The van der Waals surface area contributed by atoms with Crippen molar-refractivity contribution < 1.29 is 4.39 Å². The summed E-state index contributed by atoms with van der Waals surface area (Å²) in [6, 6.07) is 28.2. The molecule has 1 aliphatic carbocycles. The molecule has 3 aromatic carbocycles. The zero-order valence-corrected chi connectivity index (χ0v) is 19.6. The molecule has 0 radical (unpaired) electrons. The van der Waals surface area contributed by atoms with Crippen molar-refractivity contribution in [1.82, 2.24) is 4.90 Å². The fourth-order valence-corrected chi connectivity index (χ4v) is 5.53. The van der Waals surface area contributed by atoms with E-state index in [1.807, 2.05) is 18.2 Å². The molecule has 1 aliphatic heterocycles. The maximum Gasteiger partial charge on any atom is 0.0991 e. The highest BCUT2D eigenvalue weighted by atomic mass is 19.1. The molecular weight excluding hydrogens is 419 g/mol. The number of aryl methyl sites for hydroxylation is 1. The van der Waals surface area contributed by atoms with Gasteiger partial charge < -0.3 is 4.90 Å². The van der Waals surface area contributed by atoms with Gasteiger partial charge in [-0.2, -0.15) is 5.26 Å². The van der Waals surface area contributed by atoms with Crippen LogP contribution in [0.1, 0.15) is 52.6 Å². The van der Waals surface area contributed by atoms with Crippen LogP contribution in [-0.2, 0) is 12.8 Å². The molecule has 0 amide bonds. The van der Waals surface area contributed by atoms with E-state index in [9.17, 15) is 9.65 Å². The van der Waals surface area contributed by atoms with Crippen LogP contribution in [0.3, 0.4) is 0 Å². The average Bonchev–Trinajstić information content (AvgIpc) is 3.05. The molecule has 34 heavy (non-hydrogen) atoms. The van der Waals surface area contributed by atoms with Crippen molar-refractivity contribution in [2.45, 2.75) is 32.1 Å². The second-order valence-corrected chi connectivity index (χ2v) is 9.63. The summed E-state index contributed by atoms with van der Waals surface area (Å²) in [5.41, 5.74) is 9.82. The largest absolute Gasteiger partial charge is 0.303 e. The topological polar surface area (TPSA) is 27.0 Å². The number of benzene rings is 3. The van der Waals surface area contributed by atoms with Crippen molar-refractivity contribution in [3.8, 4) is 6.07 Å². The van der Waals surface area contributed by atoms with E-state index in [4.69, 9.17) is 0 Å². The molecule has 0 bridgehead atoms. The van der Waals surface area contributed by atoms with Crippen LogP contribution in [0.5, 0.6) is 0 Å². The predicted octanol–water partition coefficient (Wildman–Crippen LogP) is 6.69. The lowest BCUT2D eigenvalue weighted by Crippen LogP contribution is -2.47. The summed E-state index contributed by atoms with van der Waals surface area (Å²) in [7, 11) is 0. The van der Waals surface area contributed by atoms with Crippen LogP contribution in [-0.4, -0.2) is 31.2 Å². The van der Waals surface area contributed by atoms with Crippen molar-refractivity contribution in [2.75, 3.05) is 26.3 Å². The number of nitriles is 1. The van der Waals surface area contributed by atoms with Gasteiger partial charge in [-0.3, -0.25) is 4.39 Å². The summed E-state index contributed by atoms with van der Waals surface area (Å²) < 4.78 is 12.4. The van der Waals surface area contributed by atoms with Crippen LogP contribution in [0.4, 0.5) is 4.39 Å². The highest BCUT2D eigenvalue weighted by molar-refractivity contribution is 6.00. The molecule has 1 saturated heterocycles. The minimum absolute atomic E-state index is 0.218. The summed E-state index contributed by atoms with van der Waals surface area (Å²) >= 11 is 0. The molecule has 0 saturated carbocycles. The predicted molar refractivity (Wildman–Crippen MR) is 137 cm³/mol. The van der Waals surface area contributed by atoms with Gasteiger partial charge in [0, 0.05) is 19.6 Å². The van der Waals surface area contributed by atoms with Crippen LogP contribution < -0.4 is 0 Å². The summed E-state index contributed by atoms with van der Waals surface area (Å²) in [6.07, 6.45) is 4.90. The first kappa shape index (κ1) is 22.6. The van der Waals surface area contributed by atoms with E-state index in [1.165, 1.54) is 33.4 Å². The second-order valence-electron chi connectivity index (χ2n) is 9.63. The summed E-state index contributed by atoms with van der Waals surface area (Å²) in [4.78, 5) is 2.35. The number of allylic oxidation sites excluding steroid dienone is 1. The lowest BCUT2D eigenvalue weighted by molar-refractivity contribution is 0.0968. The molecule has 1 fully saturated rings. The molecule has 2 nitrogen and oxygen atoms in total. The van der Waals surface area contributed by atoms with Crippen molar-refractivity contribution in [2.24, 2.45) is 5.92 Å². The number of alkyl halides is 1. The molecule has 1 heterocycles. The monoisotopic (exact) mass is 450 g/mol. The first-order valence-corrected chi connectivity index (χ1v) is 12.4. The maximum absolute atomic E-state index is 12.4. The number of hydrogen-bond donors (Lipinski definition) is 0. The van der Waals surface area contributed by atoms with Crippen LogP contribution >= 0.6 is 0 Å². The average molecular weight is 451 g/mol. The molecule has 5 rings (SSSR count). The van der Waals surface area contributed by atoms with Crippen LogP contribution in [0.2, 0.25) is 0 Å². The van der Waals surface area contributed by atoms with E-state index in [-0.39, 0.29) is 6.67 Å². The van der Waals surface area contributed by atoms with E-state index in [1.54, 1.807) is 0 Å². The fraction of sp³-hybridized carbons (Fsp3) is 0.323. The normalized spacial score (nSPS) is 16.5. The zero-order valence-electron chi connectivity index (χ0n) is 19.6. The number of halogens is 1. The molecule has 172 valence electrons. The Balaban J connectivity index is 1.46. The number of fused-ring (bicyclic) bond motifs is 1. The third kappa shape index (κ3) is 4.83. The lowest BCUT2D eigenvalue weighted by Gasteiger charge is -2.39. The smallest absolute Gasteiger partial charge is 0.0991 e. The summed E-state index contributed by atoms with van der Waals surface area (Å²) in [5.74, 6) is 0.674. The van der Waals surface area contributed by atoms with Gasteiger partial charge in [0.05, 0.1) is 18.3 Å². The van der Waals surface area contributed by atoms with Crippen molar-refractivity contribution in [1.29, 1.82) is 5.26 Å². The Hall–Kier alpha value is -3.22. The van der Waals surface area contributed by atoms with Crippen molar-refractivity contribution >= 4 is 11.1 Å². The van der Waals surface area contributed by atoms with E-state index < -0.39 is 0 Å². The molecule has 0 aromatic heterocycles. The quantitative estimate of drug-likeness (QED) is 0.401. The van der Waals surface area contributed by atoms with Gasteiger partial charge in [0.15, 0.2) is 0 Å². The Morgan fingerprint density at radius 2 is 1.74 bits per heavy atom. The third-order valence-corrected chi connectivity index (χ3v) is 7.21. The Labute approximate surface area is 202 Å². The Morgan fingerprint density at radius 3 is 2.53 bits per heavy atom. The van der Waals surface area contributed by atoms with E-state index >= 15 is 0 Å². The standard InChI is InChI=1S/C31H31FN2/c32-16-5-17-34-21-25(22-34)18-23-12-14-27(15-13-23)31-29-10-2-1-7-26(29)8-4-11-30(31)28-9-3-6-24(19-28)20-33/h1-3,6-7,9-10,12-15,19,25H,4-5,8,11,16-18,21-22H2. The SMILES string of the molecule is N#Cc1cccc(C2=C(c3ccc(CC4CN(CCCF)C4)cc3)c3ccccc3CCC2)c1. The van der Waals surface area contributed by atoms with Gasteiger partial charge in [0.25, 0.3) is 0 Å². The van der Waals surface area contributed by atoms with Gasteiger partial charge >= 0.3 is 0 Å². The summed E-state index contributed by atoms with van der Waals surface area (Å²) in [5, 5.41) is 9.46. The molecule has 3 heteroatoms. The Kier molecular flexibility index (Phi) is 6.88. The molecule has 0 N–H and O–H groups in total. The first-order valence-electron chi connectivity index (χ1n) is 12.4. The highest BCUT2D eigenvalue weighted by Crippen LogP contribution is 2.40. The van der Waals surface area contributed by atoms with Gasteiger partial charge in [-0.1, -0.05) is 60.7 Å². The van der Waals surface area contributed by atoms with Crippen molar-refractivity contribution in [3.63, 3.8) is 0 Å². The number of likely N-dealkylation sites (tertiary alicyclic amines) is 1. The van der Waals surface area contributed by atoms with Crippen molar-refractivity contribution in [3.05, 3.63) is 106 Å². The molecule has 0 atom stereocenters. The molecular formula is C31H31FN2. The molecule has 0 unspecified atom stereocenters. The molecule has 2 aliphatic rings. The van der Waals surface area contributed by atoms with E-state index in [0.29, 0.717) is 17.9 Å². The van der Waals surface area contributed by atoms with Gasteiger partial charge in [-0.05, 0) is 89.1 Å². The van der Waals surface area contributed by atoms with Gasteiger partial charge in [-0.25, -0.2) is 0 Å². The molecule has 0 spiro atoms. The number of nitrogens with zero attached hydrogens (tertiary/aromatic N) is 2. The third-order valence-electron chi connectivity index (χ3n) is 7.21. The number of rotatable bonds is 7. The minimum atomic E-state index is -0.218. The first-order chi connectivity index (χ1) is 16.7. The fourth-order valence-electron chi connectivity index (χ4n) is 5.53. The molecule has 3 aromatic rings. The van der Waals surface area contributed by atoms with Gasteiger partial charge in [0.1, 0.15) is 0 Å². The van der Waals surface area contributed by atoms with Crippen LogP contribution in [0.25, 0.3) is 11.1 Å². The Morgan fingerprint density at radius 1 is 0.912 bits per heavy atom. The highest BCUT2D eigenvalue weighted by Gasteiger charge is 2.26. The Bertz CT molecular complexity index is 1210. The van der Waals surface area contributed by atoms with E-state index in [2.05, 4.69) is 65.6 Å². The van der Waals surface area contributed by atoms with Crippen LogP contribution in [0, 0.1) is 17.2 Å². The lowest BCUT2D eigenvalue weighted by atomic mass is 9.86. The zero-order chi connectivity index (χ0) is 23.3. The minimum Gasteiger partial charge on any atom is -0.303 e. The van der Waals surface area contributed by atoms with Gasteiger partial charge in [-0.15, -0.1) is 0 Å². The van der Waals surface area contributed by atoms with Gasteiger partial charge in [0.2, 0.25) is 0 Å². The van der Waals surface area contributed by atoms with Crippen LogP contribution in [0.15, 0.2) is 72.8 Å². The number of hydrogen-bond acceptors (Lipinski definition) is 2. The summed E-state index contributed by atoms with van der Waals surface area (Å²) in [6.45, 7) is 2.83. The van der Waals surface area contributed by atoms with E-state index in [0.717, 1.165) is 50.9 Å². The second kappa shape index (κ2) is 10.4.